The Hall–Kier alpha value is -2.71. The average Bonchev–Trinajstić information content (AvgIpc) is 3.33. The van der Waals surface area contributed by atoms with Crippen molar-refractivity contribution in [2.75, 3.05) is 44.9 Å². The fourth-order valence-electron chi connectivity index (χ4n) is 5.02. The van der Waals surface area contributed by atoms with E-state index in [1.54, 1.807) is 7.11 Å². The maximum Gasteiger partial charge on any atom is 0.232 e. The van der Waals surface area contributed by atoms with Gasteiger partial charge in [0.2, 0.25) is 5.88 Å². The second-order valence-corrected chi connectivity index (χ2v) is 9.96. The predicted molar refractivity (Wildman–Crippen MR) is 146 cm³/mol. The van der Waals surface area contributed by atoms with Crippen LogP contribution in [0, 0.1) is 0 Å². The fraction of sp³-hybridized carbons (Fsp3) is 0.500. The lowest BCUT2D eigenvalue weighted by Gasteiger charge is -2.34. The molecule has 0 aliphatic carbocycles. The molecule has 1 aliphatic heterocycles. The number of methoxy groups -OCH3 is 1. The lowest BCUT2D eigenvalue weighted by atomic mass is 10.0. The minimum atomic E-state index is -0.608. The molecule has 2 heterocycles. The van der Waals surface area contributed by atoms with Gasteiger partial charge in [-0.15, -0.1) is 0 Å². The number of hydrogen-bond donors (Lipinski definition) is 1. The van der Waals surface area contributed by atoms with Crippen molar-refractivity contribution in [2.24, 2.45) is 0 Å². The van der Waals surface area contributed by atoms with Gasteiger partial charge in [0.25, 0.3) is 0 Å². The molecule has 1 N–H and O–H groups in total. The highest BCUT2D eigenvalue weighted by Crippen LogP contribution is 2.35. The van der Waals surface area contributed by atoms with Gasteiger partial charge in [-0.25, -0.2) is 0 Å². The number of aliphatic hydroxyl groups excluding tert-OH is 1. The Morgan fingerprint density at radius 1 is 1.11 bits per heavy atom. The average molecular weight is 508 g/mol. The Bertz CT molecular complexity index is 1040. The molecule has 0 radical (unpaired) electrons. The van der Waals surface area contributed by atoms with Crippen LogP contribution in [0.15, 0.2) is 65.2 Å². The summed E-state index contributed by atoms with van der Waals surface area (Å²) in [4.78, 5) is 4.64. The van der Waals surface area contributed by atoms with Gasteiger partial charge in [-0.05, 0) is 38.2 Å². The second kappa shape index (κ2) is 14.3. The molecule has 37 heavy (non-hydrogen) atoms. The Kier molecular flexibility index (Phi) is 10.6. The van der Waals surface area contributed by atoms with Gasteiger partial charge in [0.15, 0.2) is 0 Å². The number of piperidine rings is 1. The van der Waals surface area contributed by atoms with Crippen molar-refractivity contribution < 1.29 is 19.1 Å². The molecule has 2 atom stereocenters. The molecule has 0 spiro atoms. The number of anilines is 1. The Labute approximate surface area is 221 Å². The summed E-state index contributed by atoms with van der Waals surface area (Å²) in [5, 5.41) is 15.4. The number of ether oxygens (including phenoxy) is 2. The number of hydrogen-bond acceptors (Lipinski definition) is 7. The molecule has 0 bridgehead atoms. The van der Waals surface area contributed by atoms with Gasteiger partial charge < -0.3 is 24.0 Å². The summed E-state index contributed by atoms with van der Waals surface area (Å²) in [7, 11) is 1.72. The van der Waals surface area contributed by atoms with Crippen LogP contribution in [0.1, 0.15) is 43.7 Å². The van der Waals surface area contributed by atoms with Crippen LogP contribution in [0.25, 0.3) is 11.3 Å². The van der Waals surface area contributed by atoms with Crippen molar-refractivity contribution >= 4 is 5.88 Å². The summed E-state index contributed by atoms with van der Waals surface area (Å²) in [5.74, 6) is 0.859. The van der Waals surface area contributed by atoms with E-state index in [4.69, 9.17) is 14.0 Å². The van der Waals surface area contributed by atoms with Gasteiger partial charge in [0.05, 0.1) is 24.9 Å². The first-order chi connectivity index (χ1) is 18.2. The molecular formula is C30H41N3O4. The molecule has 4 rings (SSSR count). The Morgan fingerprint density at radius 2 is 1.86 bits per heavy atom. The van der Waals surface area contributed by atoms with E-state index in [0.29, 0.717) is 32.3 Å². The molecule has 7 heteroatoms. The molecule has 2 aromatic carbocycles. The third kappa shape index (κ3) is 7.89. The van der Waals surface area contributed by atoms with Crippen LogP contribution in [0.2, 0.25) is 0 Å². The molecule has 0 amide bonds. The van der Waals surface area contributed by atoms with Gasteiger partial charge in [0.1, 0.15) is 5.69 Å². The van der Waals surface area contributed by atoms with E-state index in [1.165, 1.54) is 6.42 Å². The highest BCUT2D eigenvalue weighted by Gasteiger charge is 2.29. The molecule has 3 aromatic rings. The van der Waals surface area contributed by atoms with E-state index in [2.05, 4.69) is 34.0 Å². The quantitative estimate of drug-likeness (QED) is 0.303. The summed E-state index contributed by atoms with van der Waals surface area (Å²) in [6, 6.07) is 20.7. The number of aromatic nitrogens is 1. The van der Waals surface area contributed by atoms with Crippen LogP contribution in [0.3, 0.4) is 0 Å². The molecule has 0 unspecified atom stereocenters. The van der Waals surface area contributed by atoms with Crippen LogP contribution in [0.5, 0.6) is 0 Å². The van der Waals surface area contributed by atoms with Crippen LogP contribution in [-0.2, 0) is 22.6 Å². The molecule has 1 aromatic heterocycles. The van der Waals surface area contributed by atoms with Gasteiger partial charge in [-0.1, -0.05) is 65.8 Å². The van der Waals surface area contributed by atoms with E-state index in [-0.39, 0.29) is 6.61 Å². The Balaban J connectivity index is 1.51. The zero-order valence-electron chi connectivity index (χ0n) is 22.2. The zero-order chi connectivity index (χ0) is 25.9. The van der Waals surface area contributed by atoms with Crippen LogP contribution < -0.4 is 4.90 Å². The number of benzene rings is 2. The summed E-state index contributed by atoms with van der Waals surface area (Å²) in [6.07, 6.45) is 3.81. The SMILES string of the molecule is COCCCN(Cc1c(-c2ccccc2)noc1N1CCCC[C@H]1C)C[C@H](O)COCc1ccccc1. The molecular weight excluding hydrogens is 466 g/mol. The monoisotopic (exact) mass is 507 g/mol. The highest BCUT2D eigenvalue weighted by molar-refractivity contribution is 5.68. The topological polar surface area (TPSA) is 71.2 Å². The molecule has 1 fully saturated rings. The standard InChI is InChI=1S/C30H41N3O4/c1-24-12-9-10-18-33(24)30-28(29(31-37-30)26-15-7-4-8-16-26)21-32(17-11-19-35-2)20-27(34)23-36-22-25-13-5-3-6-14-25/h3-8,13-16,24,27,34H,9-12,17-23H2,1-2H3/t24-,27+/m1/s1. The van der Waals surface area contributed by atoms with E-state index >= 15 is 0 Å². The van der Waals surface area contributed by atoms with Crippen LogP contribution in [-0.4, -0.2) is 67.3 Å². The zero-order valence-corrected chi connectivity index (χ0v) is 22.2. The first kappa shape index (κ1) is 27.3. The van der Waals surface area contributed by atoms with Crippen LogP contribution in [0.4, 0.5) is 5.88 Å². The third-order valence-electron chi connectivity index (χ3n) is 6.97. The number of nitrogens with zero attached hydrogens (tertiary/aromatic N) is 3. The molecule has 7 nitrogen and oxygen atoms in total. The van der Waals surface area contributed by atoms with Crippen molar-refractivity contribution in [1.29, 1.82) is 0 Å². The van der Waals surface area contributed by atoms with E-state index in [0.717, 1.165) is 60.6 Å². The summed E-state index contributed by atoms with van der Waals surface area (Å²) >= 11 is 0. The molecule has 1 saturated heterocycles. The van der Waals surface area contributed by atoms with E-state index in [9.17, 15) is 5.11 Å². The summed E-state index contributed by atoms with van der Waals surface area (Å²) in [6.45, 7) is 6.58. The minimum Gasteiger partial charge on any atom is -0.389 e. The third-order valence-corrected chi connectivity index (χ3v) is 6.97. The van der Waals surface area contributed by atoms with Gasteiger partial charge >= 0.3 is 0 Å². The summed E-state index contributed by atoms with van der Waals surface area (Å²) in [5.41, 5.74) is 4.10. The minimum absolute atomic E-state index is 0.279. The van der Waals surface area contributed by atoms with Crippen molar-refractivity contribution in [1.82, 2.24) is 10.1 Å². The van der Waals surface area contributed by atoms with Gasteiger partial charge in [-0.2, -0.15) is 0 Å². The summed E-state index contributed by atoms with van der Waals surface area (Å²) < 4.78 is 17.2. The number of aliphatic hydroxyl groups is 1. The lowest BCUT2D eigenvalue weighted by molar-refractivity contribution is 0.00740. The second-order valence-electron chi connectivity index (χ2n) is 9.96. The van der Waals surface area contributed by atoms with Crippen molar-refractivity contribution in [2.45, 2.75) is 57.9 Å². The molecule has 0 saturated carbocycles. The predicted octanol–water partition coefficient (Wildman–Crippen LogP) is 5.14. The maximum atomic E-state index is 10.9. The smallest absolute Gasteiger partial charge is 0.232 e. The largest absolute Gasteiger partial charge is 0.389 e. The Morgan fingerprint density at radius 3 is 2.59 bits per heavy atom. The van der Waals surface area contributed by atoms with Crippen molar-refractivity contribution in [3.63, 3.8) is 0 Å². The van der Waals surface area contributed by atoms with Crippen molar-refractivity contribution in [3.05, 3.63) is 71.8 Å². The molecule has 200 valence electrons. The highest BCUT2D eigenvalue weighted by atomic mass is 16.5. The van der Waals surface area contributed by atoms with Crippen molar-refractivity contribution in [3.8, 4) is 11.3 Å². The molecule has 1 aliphatic rings. The maximum absolute atomic E-state index is 10.9. The lowest BCUT2D eigenvalue weighted by Crippen LogP contribution is -2.39. The number of rotatable bonds is 14. The normalized spacial score (nSPS) is 16.9. The van der Waals surface area contributed by atoms with Gasteiger partial charge in [0, 0.05) is 51.5 Å². The van der Waals surface area contributed by atoms with E-state index < -0.39 is 6.10 Å². The fourth-order valence-corrected chi connectivity index (χ4v) is 5.02. The van der Waals surface area contributed by atoms with Crippen LogP contribution >= 0.6 is 0 Å². The first-order valence-corrected chi connectivity index (χ1v) is 13.5. The van der Waals surface area contributed by atoms with Gasteiger partial charge in [-0.3, -0.25) is 4.90 Å². The first-order valence-electron chi connectivity index (χ1n) is 13.5. The van der Waals surface area contributed by atoms with E-state index in [1.807, 2.05) is 48.5 Å².